The van der Waals surface area contributed by atoms with Crippen LogP contribution in [0.1, 0.15) is 20.8 Å². The van der Waals surface area contributed by atoms with Crippen LogP contribution >= 0.6 is 0 Å². The topological polar surface area (TPSA) is 91.4 Å². The quantitative estimate of drug-likeness (QED) is 0.748. The number of hydrogen-bond acceptors (Lipinski definition) is 7. The molecular weight excluding hydrogens is 290 g/mol. The van der Waals surface area contributed by atoms with Crippen molar-refractivity contribution in [3.05, 3.63) is 0 Å². The van der Waals surface area contributed by atoms with E-state index in [4.69, 9.17) is 9.47 Å². The van der Waals surface area contributed by atoms with Gasteiger partial charge in [0.25, 0.3) is 0 Å². The lowest BCUT2D eigenvalue weighted by Crippen LogP contribution is -2.49. The van der Waals surface area contributed by atoms with Crippen LogP contribution in [0.5, 0.6) is 0 Å². The highest BCUT2D eigenvalue weighted by Crippen LogP contribution is 2.13. The predicted octanol–water partition coefficient (Wildman–Crippen LogP) is 0.530. The minimum atomic E-state index is -4.00. The number of nitrogens with zero attached hydrogens (tertiary/aromatic N) is 1. The molecule has 0 saturated carbocycles. The molecule has 1 unspecified atom stereocenters. The molecule has 0 bridgehead atoms. The van der Waals surface area contributed by atoms with Gasteiger partial charge in [0.05, 0.1) is 26.9 Å². The Morgan fingerprint density at radius 2 is 2.05 bits per heavy atom. The normalized spacial score (nSPS) is 20.8. The lowest BCUT2D eigenvalue weighted by molar-refractivity contribution is -0.0562. The number of rotatable bonds is 4. The van der Waals surface area contributed by atoms with Crippen molar-refractivity contribution in [1.82, 2.24) is 4.90 Å². The molecule has 1 atom stereocenters. The van der Waals surface area contributed by atoms with E-state index >= 15 is 0 Å². The Bertz CT molecular complexity index is 429. The van der Waals surface area contributed by atoms with Crippen molar-refractivity contribution in [3.63, 3.8) is 0 Å². The summed E-state index contributed by atoms with van der Waals surface area (Å²) in [5, 5.41) is 0. The average Bonchev–Trinajstić information content (AvgIpc) is 2.35. The molecule has 8 nitrogen and oxygen atoms in total. The summed E-state index contributed by atoms with van der Waals surface area (Å²) in [7, 11) is -3.00. The van der Waals surface area contributed by atoms with Gasteiger partial charge in [-0.15, -0.1) is 0 Å². The van der Waals surface area contributed by atoms with Gasteiger partial charge in [0.2, 0.25) is 0 Å². The second-order valence-corrected chi connectivity index (χ2v) is 6.66. The van der Waals surface area contributed by atoms with E-state index in [1.54, 1.807) is 20.8 Å². The number of ether oxygens (including phenoxy) is 2. The molecule has 1 aliphatic rings. The number of hydrogen-bond donors (Lipinski definition) is 0. The fourth-order valence-electron chi connectivity index (χ4n) is 1.52. The van der Waals surface area contributed by atoms with Crippen molar-refractivity contribution >= 4 is 16.5 Å². The van der Waals surface area contributed by atoms with E-state index in [2.05, 4.69) is 8.37 Å². The summed E-state index contributed by atoms with van der Waals surface area (Å²) in [4.78, 5) is 13.3. The van der Waals surface area contributed by atoms with Crippen LogP contribution in [0.25, 0.3) is 0 Å². The van der Waals surface area contributed by atoms with Gasteiger partial charge in [0, 0.05) is 6.54 Å². The summed E-state index contributed by atoms with van der Waals surface area (Å²) in [5.41, 5.74) is -0.583. The van der Waals surface area contributed by atoms with Crippen molar-refractivity contribution in [2.45, 2.75) is 32.5 Å². The molecule has 0 N–H and O–H groups in total. The number of carbonyl (C=O) groups excluding carboxylic acids is 1. The van der Waals surface area contributed by atoms with Gasteiger partial charge in [-0.2, -0.15) is 8.42 Å². The maximum Gasteiger partial charge on any atom is 0.410 e. The van der Waals surface area contributed by atoms with E-state index < -0.39 is 28.2 Å². The zero-order valence-corrected chi connectivity index (χ0v) is 12.9. The van der Waals surface area contributed by atoms with Crippen LogP contribution in [0.2, 0.25) is 0 Å². The molecule has 1 saturated heterocycles. The summed E-state index contributed by atoms with van der Waals surface area (Å²) in [6.45, 7) is 6.00. The first-order valence-electron chi connectivity index (χ1n) is 6.17. The third-order valence-corrected chi connectivity index (χ3v) is 3.23. The summed E-state index contributed by atoms with van der Waals surface area (Å²) in [6, 6.07) is 0. The third-order valence-electron chi connectivity index (χ3n) is 2.39. The molecule has 0 radical (unpaired) electrons. The van der Waals surface area contributed by atoms with Crippen molar-refractivity contribution in [1.29, 1.82) is 0 Å². The second-order valence-electron chi connectivity index (χ2n) is 5.28. The second kappa shape index (κ2) is 6.70. The van der Waals surface area contributed by atoms with Gasteiger partial charge in [0.1, 0.15) is 11.7 Å². The standard InChI is InChI=1S/C11H21NO7S/c1-11(2,3)19-10(13)12-5-6-17-9(7-12)8-18-20(14,15)16-4/h9H,5-8H2,1-4H3. The molecule has 1 heterocycles. The van der Waals surface area contributed by atoms with E-state index in [9.17, 15) is 13.2 Å². The molecular formula is C11H21NO7S. The molecule has 1 amide bonds. The zero-order valence-electron chi connectivity index (χ0n) is 12.1. The Hall–Kier alpha value is -0.900. The maximum atomic E-state index is 11.9. The van der Waals surface area contributed by atoms with E-state index in [0.29, 0.717) is 13.2 Å². The van der Waals surface area contributed by atoms with Crippen LogP contribution in [-0.4, -0.2) is 64.5 Å². The molecule has 9 heteroatoms. The monoisotopic (exact) mass is 311 g/mol. The SMILES string of the molecule is COS(=O)(=O)OCC1CN(C(=O)OC(C)(C)C)CCO1. The lowest BCUT2D eigenvalue weighted by Gasteiger charge is -2.33. The van der Waals surface area contributed by atoms with Crippen LogP contribution in [-0.2, 0) is 28.2 Å². The predicted molar refractivity (Wildman–Crippen MR) is 69.4 cm³/mol. The van der Waals surface area contributed by atoms with E-state index in [1.807, 2.05) is 0 Å². The molecule has 0 aromatic rings. The molecule has 20 heavy (non-hydrogen) atoms. The first kappa shape index (κ1) is 17.2. The molecule has 118 valence electrons. The number of amides is 1. The maximum absolute atomic E-state index is 11.9. The largest absolute Gasteiger partial charge is 0.444 e. The van der Waals surface area contributed by atoms with Gasteiger partial charge in [-0.25, -0.2) is 8.98 Å². The van der Waals surface area contributed by atoms with Crippen molar-refractivity contribution in [2.24, 2.45) is 0 Å². The van der Waals surface area contributed by atoms with Crippen molar-refractivity contribution in [3.8, 4) is 0 Å². The van der Waals surface area contributed by atoms with Crippen LogP contribution in [0, 0.1) is 0 Å². The lowest BCUT2D eigenvalue weighted by atomic mass is 10.2. The fraction of sp³-hybridized carbons (Fsp3) is 0.909. The highest BCUT2D eigenvalue weighted by atomic mass is 32.3. The molecule has 1 aliphatic heterocycles. The minimum Gasteiger partial charge on any atom is -0.444 e. The molecule has 1 fully saturated rings. The summed E-state index contributed by atoms with van der Waals surface area (Å²) < 4.78 is 41.4. The Morgan fingerprint density at radius 1 is 1.40 bits per heavy atom. The van der Waals surface area contributed by atoms with Gasteiger partial charge < -0.3 is 14.4 Å². The third kappa shape index (κ3) is 6.04. The highest BCUT2D eigenvalue weighted by molar-refractivity contribution is 7.81. The smallest absolute Gasteiger partial charge is 0.410 e. The fourth-order valence-corrected chi connectivity index (χ4v) is 1.93. The first-order chi connectivity index (χ1) is 9.13. The van der Waals surface area contributed by atoms with Gasteiger partial charge >= 0.3 is 16.5 Å². The van der Waals surface area contributed by atoms with Gasteiger partial charge in [-0.05, 0) is 20.8 Å². The van der Waals surface area contributed by atoms with Gasteiger partial charge in [-0.3, -0.25) is 4.18 Å². The van der Waals surface area contributed by atoms with Crippen molar-refractivity contribution in [2.75, 3.05) is 33.4 Å². The Morgan fingerprint density at radius 3 is 2.60 bits per heavy atom. The average molecular weight is 311 g/mol. The number of carbonyl (C=O) groups is 1. The molecule has 0 spiro atoms. The van der Waals surface area contributed by atoms with E-state index in [-0.39, 0.29) is 13.2 Å². The molecule has 0 aromatic carbocycles. The Balaban J connectivity index is 2.48. The highest BCUT2D eigenvalue weighted by Gasteiger charge is 2.29. The van der Waals surface area contributed by atoms with E-state index in [1.165, 1.54) is 4.90 Å². The van der Waals surface area contributed by atoms with Crippen LogP contribution in [0.3, 0.4) is 0 Å². The van der Waals surface area contributed by atoms with Crippen LogP contribution in [0.15, 0.2) is 0 Å². The van der Waals surface area contributed by atoms with Crippen LogP contribution < -0.4 is 0 Å². The van der Waals surface area contributed by atoms with Crippen LogP contribution in [0.4, 0.5) is 4.79 Å². The Kier molecular flexibility index (Phi) is 5.75. The summed E-state index contributed by atoms with van der Waals surface area (Å²) >= 11 is 0. The Labute approximate surface area is 119 Å². The summed E-state index contributed by atoms with van der Waals surface area (Å²) in [6.07, 6.45) is -0.999. The van der Waals surface area contributed by atoms with Gasteiger partial charge in [-0.1, -0.05) is 0 Å². The van der Waals surface area contributed by atoms with E-state index in [0.717, 1.165) is 7.11 Å². The molecule has 0 aliphatic carbocycles. The molecule has 1 rings (SSSR count). The minimum absolute atomic E-state index is 0.203. The first-order valence-corrected chi connectivity index (χ1v) is 7.51. The van der Waals surface area contributed by atoms with Crippen molar-refractivity contribution < 1.29 is 31.1 Å². The van der Waals surface area contributed by atoms with Gasteiger partial charge in [0.15, 0.2) is 0 Å². The summed E-state index contributed by atoms with van der Waals surface area (Å²) in [5.74, 6) is 0. The molecule has 0 aromatic heterocycles. The number of morpholine rings is 1. The zero-order chi connectivity index (χ0) is 15.4.